The molecule has 0 bridgehead atoms. The van der Waals surface area contributed by atoms with Crippen LogP contribution in [0.3, 0.4) is 0 Å². The van der Waals surface area contributed by atoms with Gasteiger partial charge in [-0.3, -0.25) is 9.69 Å². The quantitative estimate of drug-likeness (QED) is 0.788. The topological polar surface area (TPSA) is 55.8 Å². The summed E-state index contributed by atoms with van der Waals surface area (Å²) in [5, 5.41) is 0. The number of carbonyl (C=O) groups excluding carboxylic acids is 2. The summed E-state index contributed by atoms with van der Waals surface area (Å²) in [5.74, 6) is -0.731. The number of esters is 1. The normalized spacial score (nSPS) is 18.4. The Labute approximate surface area is 149 Å². The third-order valence-electron chi connectivity index (χ3n) is 4.21. The summed E-state index contributed by atoms with van der Waals surface area (Å²) < 4.78 is 10.5. The Morgan fingerprint density at radius 3 is 2.32 bits per heavy atom. The zero-order valence-corrected chi connectivity index (χ0v) is 14.3. The van der Waals surface area contributed by atoms with E-state index < -0.39 is 12.1 Å². The molecule has 0 spiro atoms. The molecule has 1 amide bonds. The molecule has 2 aromatic rings. The molecule has 6 heteroatoms. The molecule has 1 saturated heterocycles. The fourth-order valence-electron chi connectivity index (χ4n) is 3.03. The number of rotatable bonds is 3. The molecule has 2 aliphatic rings. The minimum Gasteiger partial charge on any atom is -0.454 e. The van der Waals surface area contributed by atoms with Gasteiger partial charge >= 0.3 is 5.97 Å². The maximum absolute atomic E-state index is 12.8. The summed E-state index contributed by atoms with van der Waals surface area (Å²) in [7, 11) is 0. The second-order valence-corrected chi connectivity index (χ2v) is 6.96. The maximum Gasteiger partial charge on any atom is 0.335 e. The van der Waals surface area contributed by atoms with Crippen LogP contribution >= 0.6 is 11.8 Å². The molecule has 2 aliphatic heterocycles. The average Bonchev–Trinajstić information content (AvgIpc) is 3.18. The van der Waals surface area contributed by atoms with Gasteiger partial charge in [-0.15, -0.1) is 0 Å². The molecule has 1 fully saturated rings. The SMILES string of the molecule is O=C(OCC(=O)N1c2ccccc2Sc2ccccc21)[C@@H]1CCCO1. The second kappa shape index (κ2) is 6.90. The van der Waals surface area contributed by atoms with E-state index in [9.17, 15) is 9.59 Å². The first-order chi connectivity index (χ1) is 12.2. The number of para-hydroxylation sites is 2. The van der Waals surface area contributed by atoms with E-state index in [0.29, 0.717) is 13.0 Å². The van der Waals surface area contributed by atoms with Gasteiger partial charge in [-0.1, -0.05) is 36.0 Å². The van der Waals surface area contributed by atoms with Gasteiger partial charge in [0.15, 0.2) is 12.7 Å². The van der Waals surface area contributed by atoms with Crippen LogP contribution in [0.2, 0.25) is 0 Å². The highest BCUT2D eigenvalue weighted by molar-refractivity contribution is 7.99. The predicted molar refractivity (Wildman–Crippen MR) is 94.1 cm³/mol. The lowest BCUT2D eigenvalue weighted by Gasteiger charge is -2.30. The van der Waals surface area contributed by atoms with Crippen LogP contribution < -0.4 is 4.90 Å². The van der Waals surface area contributed by atoms with Crippen LogP contribution in [-0.2, 0) is 19.1 Å². The molecule has 5 nitrogen and oxygen atoms in total. The first kappa shape index (κ1) is 16.2. The van der Waals surface area contributed by atoms with Gasteiger partial charge in [-0.2, -0.15) is 0 Å². The van der Waals surface area contributed by atoms with E-state index in [1.807, 2.05) is 48.5 Å². The number of fused-ring (bicyclic) bond motifs is 2. The molecule has 25 heavy (non-hydrogen) atoms. The van der Waals surface area contributed by atoms with Gasteiger partial charge in [0.05, 0.1) is 11.4 Å². The van der Waals surface area contributed by atoms with Crippen molar-refractivity contribution in [2.45, 2.75) is 28.7 Å². The van der Waals surface area contributed by atoms with Crippen molar-refractivity contribution in [1.29, 1.82) is 0 Å². The number of carbonyl (C=O) groups is 2. The lowest BCUT2D eigenvalue weighted by Crippen LogP contribution is -2.34. The summed E-state index contributed by atoms with van der Waals surface area (Å²) >= 11 is 1.63. The standard InChI is InChI=1S/C19H17NO4S/c21-18(12-24-19(22)15-8-5-11-23-15)20-13-6-1-3-9-16(13)25-17-10-4-2-7-14(17)20/h1-4,6-7,9-10,15H,5,8,11-12H2/t15-/m0/s1. The van der Waals surface area contributed by atoms with Gasteiger partial charge < -0.3 is 9.47 Å². The van der Waals surface area contributed by atoms with Crippen LogP contribution in [0.5, 0.6) is 0 Å². The van der Waals surface area contributed by atoms with Crippen LogP contribution in [0.1, 0.15) is 12.8 Å². The highest BCUT2D eigenvalue weighted by atomic mass is 32.2. The molecule has 2 heterocycles. The van der Waals surface area contributed by atoms with Crippen molar-refractivity contribution in [2.24, 2.45) is 0 Å². The molecule has 0 saturated carbocycles. The highest BCUT2D eigenvalue weighted by Crippen LogP contribution is 2.47. The van der Waals surface area contributed by atoms with Crippen molar-refractivity contribution in [3.8, 4) is 0 Å². The Bertz CT molecular complexity index is 771. The van der Waals surface area contributed by atoms with Gasteiger partial charge in [0.2, 0.25) is 0 Å². The zero-order chi connectivity index (χ0) is 17.2. The summed E-state index contributed by atoms with van der Waals surface area (Å²) in [4.78, 5) is 28.5. The fourth-order valence-corrected chi connectivity index (χ4v) is 4.09. The lowest BCUT2D eigenvalue weighted by molar-refractivity contribution is -0.156. The van der Waals surface area contributed by atoms with Gasteiger partial charge in [0, 0.05) is 16.4 Å². The third-order valence-corrected chi connectivity index (χ3v) is 5.34. The molecular formula is C19H17NO4S. The first-order valence-electron chi connectivity index (χ1n) is 8.21. The Balaban J connectivity index is 1.56. The Morgan fingerprint density at radius 1 is 1.08 bits per heavy atom. The molecule has 128 valence electrons. The number of hydrogen-bond acceptors (Lipinski definition) is 5. The molecule has 0 radical (unpaired) electrons. The third kappa shape index (κ3) is 3.15. The van der Waals surface area contributed by atoms with E-state index in [-0.39, 0.29) is 12.5 Å². The van der Waals surface area contributed by atoms with Crippen LogP contribution in [0.4, 0.5) is 11.4 Å². The lowest BCUT2D eigenvalue weighted by atomic mass is 10.2. The summed E-state index contributed by atoms with van der Waals surface area (Å²) in [6, 6.07) is 15.4. The van der Waals surface area contributed by atoms with E-state index in [1.165, 1.54) is 0 Å². The van der Waals surface area contributed by atoms with E-state index in [2.05, 4.69) is 0 Å². The summed E-state index contributed by atoms with van der Waals surface area (Å²) in [6.45, 7) is 0.268. The van der Waals surface area contributed by atoms with E-state index in [4.69, 9.17) is 9.47 Å². The smallest absolute Gasteiger partial charge is 0.335 e. The largest absolute Gasteiger partial charge is 0.454 e. The number of amides is 1. The van der Waals surface area contributed by atoms with Gasteiger partial charge in [-0.25, -0.2) is 4.79 Å². The van der Waals surface area contributed by atoms with Gasteiger partial charge in [-0.05, 0) is 37.1 Å². The molecular weight excluding hydrogens is 338 g/mol. The summed E-state index contributed by atoms with van der Waals surface area (Å²) in [6.07, 6.45) is 0.959. The predicted octanol–water partition coefficient (Wildman–Crippen LogP) is 3.54. The Kier molecular flexibility index (Phi) is 4.46. The minimum absolute atomic E-state index is 0.272. The van der Waals surface area contributed by atoms with Gasteiger partial charge in [0.25, 0.3) is 5.91 Å². The fraction of sp³-hybridized carbons (Fsp3) is 0.263. The molecule has 0 aliphatic carbocycles. The Hall–Kier alpha value is -2.31. The van der Waals surface area contributed by atoms with Crippen LogP contribution in [0.15, 0.2) is 58.3 Å². The molecule has 0 N–H and O–H groups in total. The summed E-state index contributed by atoms with van der Waals surface area (Å²) in [5.41, 5.74) is 1.62. The Morgan fingerprint density at radius 2 is 1.72 bits per heavy atom. The number of hydrogen-bond donors (Lipinski definition) is 0. The number of anilines is 2. The number of ether oxygens (including phenoxy) is 2. The van der Waals surface area contributed by atoms with Crippen molar-refractivity contribution in [1.82, 2.24) is 0 Å². The first-order valence-corrected chi connectivity index (χ1v) is 9.03. The number of benzene rings is 2. The second-order valence-electron chi connectivity index (χ2n) is 5.88. The average molecular weight is 355 g/mol. The van der Waals surface area contributed by atoms with Crippen molar-refractivity contribution >= 4 is 35.0 Å². The molecule has 0 unspecified atom stereocenters. The van der Waals surface area contributed by atoms with Gasteiger partial charge in [0.1, 0.15) is 0 Å². The molecule has 0 aromatic heterocycles. The zero-order valence-electron chi connectivity index (χ0n) is 13.5. The molecule has 2 aromatic carbocycles. The van der Waals surface area contributed by atoms with Crippen molar-refractivity contribution in [3.05, 3.63) is 48.5 Å². The van der Waals surface area contributed by atoms with Crippen LogP contribution in [0.25, 0.3) is 0 Å². The van der Waals surface area contributed by atoms with Crippen molar-refractivity contribution in [2.75, 3.05) is 18.1 Å². The monoisotopic (exact) mass is 355 g/mol. The molecule has 4 rings (SSSR count). The minimum atomic E-state index is -0.538. The van der Waals surface area contributed by atoms with E-state index >= 15 is 0 Å². The maximum atomic E-state index is 12.8. The number of nitrogens with zero attached hydrogens (tertiary/aromatic N) is 1. The van der Waals surface area contributed by atoms with Crippen LogP contribution in [0, 0.1) is 0 Å². The van der Waals surface area contributed by atoms with Crippen LogP contribution in [-0.4, -0.2) is 31.2 Å². The molecule has 1 atom stereocenters. The van der Waals surface area contributed by atoms with E-state index in [1.54, 1.807) is 16.7 Å². The van der Waals surface area contributed by atoms with Crippen molar-refractivity contribution in [3.63, 3.8) is 0 Å². The van der Waals surface area contributed by atoms with E-state index in [0.717, 1.165) is 27.6 Å². The van der Waals surface area contributed by atoms with Crippen molar-refractivity contribution < 1.29 is 19.1 Å². The highest BCUT2D eigenvalue weighted by Gasteiger charge is 2.30.